The molecular weight excluding hydrogens is 584 g/mol. The van der Waals surface area contributed by atoms with Gasteiger partial charge in [-0.15, -0.1) is 0 Å². The number of benzene rings is 1. The average molecular weight is 613 g/mol. The number of aryl methyl sites for hydroxylation is 2. The van der Waals surface area contributed by atoms with Crippen molar-refractivity contribution in [1.29, 1.82) is 0 Å². The lowest BCUT2D eigenvalue weighted by Gasteiger charge is -2.39. The summed E-state index contributed by atoms with van der Waals surface area (Å²) >= 11 is 13.8. The number of amides is 1. The van der Waals surface area contributed by atoms with Crippen LogP contribution in [0, 0.1) is 11.8 Å². The second-order valence-corrected chi connectivity index (χ2v) is 12.1. The van der Waals surface area contributed by atoms with Gasteiger partial charge in [0, 0.05) is 45.1 Å². The molecule has 1 saturated heterocycles. The van der Waals surface area contributed by atoms with Gasteiger partial charge in [0.15, 0.2) is 0 Å². The number of pyridine rings is 1. The predicted molar refractivity (Wildman–Crippen MR) is 139 cm³/mol. The first kappa shape index (κ1) is 24.7. The number of carbonyl (C=O) groups excluding carboxylic acids is 1. The van der Waals surface area contributed by atoms with E-state index in [2.05, 4.69) is 44.0 Å². The monoisotopic (exact) mass is 610 g/mol. The minimum Gasteiger partial charge on any atom is -0.390 e. The molecular formula is C26H29Br2ClN2O3. The highest BCUT2D eigenvalue weighted by molar-refractivity contribution is 9.10. The van der Waals surface area contributed by atoms with Gasteiger partial charge in [0.05, 0.1) is 17.9 Å². The van der Waals surface area contributed by atoms with Crippen molar-refractivity contribution < 1.29 is 15.0 Å². The number of hydrogen-bond acceptors (Lipinski definition) is 4. The summed E-state index contributed by atoms with van der Waals surface area (Å²) in [4.78, 5) is 20.0. The molecule has 5 nitrogen and oxygen atoms in total. The minimum absolute atomic E-state index is 0.126. The number of carbonyl (C=O) groups is 1. The lowest BCUT2D eigenvalue weighted by molar-refractivity contribution is -0.141. The summed E-state index contributed by atoms with van der Waals surface area (Å²) in [6, 6.07) is 6.27. The van der Waals surface area contributed by atoms with Crippen molar-refractivity contribution in [1.82, 2.24) is 9.88 Å². The molecule has 2 N–H and O–H groups in total. The third-order valence-electron chi connectivity index (χ3n) is 7.87. The summed E-state index contributed by atoms with van der Waals surface area (Å²) in [5.41, 5.74) is 4.96. The summed E-state index contributed by atoms with van der Waals surface area (Å²) in [5, 5.41) is 20.6. The van der Waals surface area contributed by atoms with Gasteiger partial charge in [0.1, 0.15) is 0 Å². The highest BCUT2D eigenvalue weighted by Gasteiger charge is 2.39. The van der Waals surface area contributed by atoms with Crippen molar-refractivity contribution in [2.24, 2.45) is 11.8 Å². The van der Waals surface area contributed by atoms with E-state index in [-0.39, 0.29) is 17.7 Å². The van der Waals surface area contributed by atoms with Crippen molar-refractivity contribution >= 4 is 49.4 Å². The van der Waals surface area contributed by atoms with E-state index in [4.69, 9.17) is 16.6 Å². The summed E-state index contributed by atoms with van der Waals surface area (Å²) in [5.74, 6) is 0.450. The van der Waals surface area contributed by atoms with Crippen LogP contribution >= 0.6 is 43.5 Å². The van der Waals surface area contributed by atoms with Gasteiger partial charge >= 0.3 is 0 Å². The van der Waals surface area contributed by atoms with Crippen LogP contribution in [0.5, 0.6) is 0 Å². The largest absolute Gasteiger partial charge is 0.390 e. The molecule has 1 aromatic heterocycles. The molecule has 4 atom stereocenters. The second kappa shape index (κ2) is 10.2. The molecule has 5 rings (SSSR count). The average Bonchev–Trinajstić information content (AvgIpc) is 2.97. The summed E-state index contributed by atoms with van der Waals surface area (Å²) < 4.78 is 2.03. The van der Waals surface area contributed by atoms with E-state index in [1.807, 2.05) is 17.2 Å². The highest BCUT2D eigenvalue weighted by atomic mass is 79.9. The van der Waals surface area contributed by atoms with E-state index >= 15 is 0 Å². The Labute approximate surface area is 222 Å². The van der Waals surface area contributed by atoms with Crippen LogP contribution in [-0.4, -0.2) is 51.3 Å². The van der Waals surface area contributed by atoms with Crippen LogP contribution in [0.25, 0.3) is 0 Å². The van der Waals surface area contributed by atoms with Crippen molar-refractivity contribution in [3.8, 4) is 0 Å². The molecule has 1 saturated carbocycles. The molecule has 0 radical (unpaired) electrons. The molecule has 2 fully saturated rings. The maximum absolute atomic E-state index is 13.2. The second-order valence-electron chi connectivity index (χ2n) is 9.94. The quantitative estimate of drug-likeness (QED) is 0.486. The first-order chi connectivity index (χ1) is 16.3. The molecule has 8 heteroatoms. The van der Waals surface area contributed by atoms with Gasteiger partial charge < -0.3 is 15.1 Å². The number of aromatic nitrogens is 1. The molecule has 1 aliphatic heterocycles. The third-order valence-corrected chi connectivity index (χ3v) is 9.18. The Kier molecular flexibility index (Phi) is 7.39. The van der Waals surface area contributed by atoms with E-state index < -0.39 is 12.2 Å². The SMILES string of the molecule is O=C(C1CCC(O)C(O)C1)N1CCC([C@H]2c3ncc(Br)cc3CCc3cc(Cl)cc(Br)c32)CC1. The van der Waals surface area contributed by atoms with Crippen LogP contribution in [0.2, 0.25) is 5.02 Å². The van der Waals surface area contributed by atoms with Crippen molar-refractivity contribution in [2.75, 3.05) is 13.1 Å². The lowest BCUT2D eigenvalue weighted by Crippen LogP contribution is -2.46. The number of halogens is 3. The van der Waals surface area contributed by atoms with Crippen LogP contribution in [0.15, 0.2) is 33.3 Å². The van der Waals surface area contributed by atoms with Crippen LogP contribution in [-0.2, 0) is 17.6 Å². The Morgan fingerprint density at radius 2 is 1.74 bits per heavy atom. The molecule has 0 spiro atoms. The highest BCUT2D eigenvalue weighted by Crippen LogP contribution is 2.46. The summed E-state index contributed by atoms with van der Waals surface area (Å²) in [6.07, 6.45) is 5.53. The van der Waals surface area contributed by atoms with Gasteiger partial charge in [-0.05, 0) is 102 Å². The molecule has 1 aromatic carbocycles. The lowest BCUT2D eigenvalue weighted by atomic mass is 9.76. The topological polar surface area (TPSA) is 73.7 Å². The fraction of sp³-hybridized carbons (Fsp3) is 0.538. The number of hydrogen-bond donors (Lipinski definition) is 2. The van der Waals surface area contributed by atoms with Crippen molar-refractivity contribution in [3.05, 3.63) is 60.7 Å². The van der Waals surface area contributed by atoms with E-state index in [1.165, 1.54) is 16.7 Å². The van der Waals surface area contributed by atoms with Gasteiger partial charge in [-0.3, -0.25) is 9.78 Å². The fourth-order valence-electron chi connectivity index (χ4n) is 6.10. The molecule has 2 aromatic rings. The van der Waals surface area contributed by atoms with Gasteiger partial charge in [-0.25, -0.2) is 0 Å². The van der Waals surface area contributed by atoms with E-state index in [1.54, 1.807) is 0 Å². The molecule has 3 aliphatic rings. The molecule has 182 valence electrons. The Hall–Kier alpha value is -0.990. The molecule has 2 aliphatic carbocycles. The Bertz CT molecular complexity index is 1090. The number of aliphatic hydroxyl groups is 2. The van der Waals surface area contributed by atoms with Crippen LogP contribution in [0.4, 0.5) is 0 Å². The fourth-order valence-corrected chi connectivity index (χ4v) is 7.60. The van der Waals surface area contributed by atoms with Crippen LogP contribution in [0.1, 0.15) is 60.4 Å². The standard InChI is InChI=1S/C26H29Br2ClN2O3/c27-18-9-16-2-1-15-10-19(29)12-20(28)23(15)24(25(16)30-13-18)14-5-7-31(8-6-14)26(34)17-3-4-21(32)22(33)11-17/h9-10,12-14,17,21-22,24,32-33H,1-8,11H2/t17?,21?,22?,24-/m1/s1. The van der Waals surface area contributed by atoms with Crippen LogP contribution in [0.3, 0.4) is 0 Å². The Morgan fingerprint density at radius 3 is 2.47 bits per heavy atom. The predicted octanol–water partition coefficient (Wildman–Crippen LogP) is 5.25. The Morgan fingerprint density at radius 1 is 1.00 bits per heavy atom. The van der Waals surface area contributed by atoms with E-state index in [9.17, 15) is 15.0 Å². The van der Waals surface area contributed by atoms with E-state index in [0.29, 0.717) is 38.3 Å². The smallest absolute Gasteiger partial charge is 0.225 e. The first-order valence-electron chi connectivity index (χ1n) is 12.1. The Balaban J connectivity index is 1.40. The van der Waals surface area contributed by atoms with Crippen molar-refractivity contribution in [2.45, 2.75) is 63.1 Å². The normalized spacial score (nSPS) is 27.6. The van der Waals surface area contributed by atoms with Gasteiger partial charge in [-0.1, -0.05) is 27.5 Å². The first-order valence-corrected chi connectivity index (χ1v) is 14.0. The number of nitrogens with zero attached hydrogens (tertiary/aromatic N) is 2. The molecule has 0 bridgehead atoms. The van der Waals surface area contributed by atoms with Gasteiger partial charge in [-0.2, -0.15) is 0 Å². The number of rotatable bonds is 2. The summed E-state index contributed by atoms with van der Waals surface area (Å²) in [7, 11) is 0. The number of fused-ring (bicyclic) bond motifs is 2. The van der Waals surface area contributed by atoms with Gasteiger partial charge in [0.25, 0.3) is 0 Å². The zero-order valence-corrected chi connectivity index (χ0v) is 22.8. The molecule has 3 unspecified atom stereocenters. The zero-order valence-electron chi connectivity index (χ0n) is 18.9. The van der Waals surface area contributed by atoms with Crippen molar-refractivity contribution in [3.63, 3.8) is 0 Å². The zero-order chi connectivity index (χ0) is 24.0. The maximum atomic E-state index is 13.2. The molecule has 34 heavy (non-hydrogen) atoms. The van der Waals surface area contributed by atoms with E-state index in [0.717, 1.165) is 45.3 Å². The number of likely N-dealkylation sites (tertiary alicyclic amines) is 1. The maximum Gasteiger partial charge on any atom is 0.225 e. The van der Waals surface area contributed by atoms with Gasteiger partial charge in [0.2, 0.25) is 5.91 Å². The number of aliphatic hydroxyl groups excluding tert-OH is 2. The molecule has 2 heterocycles. The molecule has 1 amide bonds. The third kappa shape index (κ3) is 4.83. The summed E-state index contributed by atoms with van der Waals surface area (Å²) in [6.45, 7) is 1.42. The van der Waals surface area contributed by atoms with Crippen LogP contribution < -0.4 is 0 Å². The number of piperidine rings is 1. The minimum atomic E-state index is -0.797.